The van der Waals surface area contributed by atoms with Crippen LogP contribution in [0.25, 0.3) is 0 Å². The van der Waals surface area contributed by atoms with Crippen molar-refractivity contribution >= 4 is 11.9 Å². The van der Waals surface area contributed by atoms with Crippen LogP contribution in [0.4, 0.5) is 4.79 Å². The lowest BCUT2D eigenvalue weighted by molar-refractivity contribution is -0.119. The van der Waals surface area contributed by atoms with E-state index in [-0.39, 0.29) is 25.0 Å². The third-order valence-electron chi connectivity index (χ3n) is 2.41. The van der Waals surface area contributed by atoms with Crippen molar-refractivity contribution in [1.29, 1.82) is 5.26 Å². The van der Waals surface area contributed by atoms with Crippen LogP contribution in [0.3, 0.4) is 0 Å². The summed E-state index contributed by atoms with van der Waals surface area (Å²) in [5, 5.41) is 13.1. The van der Waals surface area contributed by atoms with Gasteiger partial charge in [-0.05, 0) is 19.3 Å². The van der Waals surface area contributed by atoms with Crippen LogP contribution in [0.1, 0.15) is 19.3 Å². The normalized spacial score (nSPS) is 15.1. The quantitative estimate of drug-likeness (QED) is 0.652. The predicted molar refractivity (Wildman–Crippen MR) is 57.4 cm³/mol. The van der Waals surface area contributed by atoms with Crippen molar-refractivity contribution in [3.05, 3.63) is 0 Å². The smallest absolute Gasteiger partial charge is 0.317 e. The molecule has 0 aromatic carbocycles. The van der Waals surface area contributed by atoms with E-state index >= 15 is 0 Å². The first-order chi connectivity index (χ1) is 7.74. The number of likely N-dealkylation sites (tertiary alicyclic amines) is 1. The van der Waals surface area contributed by atoms with Gasteiger partial charge in [-0.3, -0.25) is 4.79 Å². The number of carbonyl (C=O) groups is 2. The molecule has 1 aliphatic rings. The second-order valence-corrected chi connectivity index (χ2v) is 3.64. The molecule has 1 fully saturated rings. The number of nitrogens with zero attached hydrogens (tertiary/aromatic N) is 2. The van der Waals surface area contributed by atoms with Crippen LogP contribution in [0, 0.1) is 11.3 Å². The summed E-state index contributed by atoms with van der Waals surface area (Å²) in [4.78, 5) is 24.3. The average Bonchev–Trinajstić information content (AvgIpc) is 2.34. The largest absolute Gasteiger partial charge is 0.341 e. The molecule has 0 aromatic rings. The molecule has 1 heterocycles. The van der Waals surface area contributed by atoms with Gasteiger partial charge >= 0.3 is 6.03 Å². The molecule has 0 bridgehead atoms. The molecular weight excluding hydrogens is 208 g/mol. The lowest BCUT2D eigenvalue weighted by atomic mass is 10.1. The number of rotatable bonds is 3. The first-order valence-corrected chi connectivity index (χ1v) is 5.40. The number of amides is 3. The predicted octanol–water partition coefficient (Wildman–Crippen LogP) is -0.178. The van der Waals surface area contributed by atoms with Gasteiger partial charge in [-0.1, -0.05) is 0 Å². The van der Waals surface area contributed by atoms with E-state index in [1.165, 1.54) is 0 Å². The van der Waals surface area contributed by atoms with Crippen LogP contribution < -0.4 is 10.6 Å². The number of urea groups is 1. The van der Waals surface area contributed by atoms with Crippen molar-refractivity contribution in [2.45, 2.75) is 19.3 Å². The zero-order valence-corrected chi connectivity index (χ0v) is 9.16. The molecule has 0 radical (unpaired) electrons. The molecule has 6 heteroatoms. The van der Waals surface area contributed by atoms with E-state index in [0.29, 0.717) is 0 Å². The summed E-state index contributed by atoms with van der Waals surface area (Å²) in [6.07, 6.45) is 3.20. The minimum absolute atomic E-state index is 0.0293. The summed E-state index contributed by atoms with van der Waals surface area (Å²) in [5.74, 6) is -0.341. The summed E-state index contributed by atoms with van der Waals surface area (Å²) >= 11 is 0. The van der Waals surface area contributed by atoms with E-state index in [1.807, 2.05) is 0 Å². The Morgan fingerprint density at radius 1 is 1.19 bits per heavy atom. The summed E-state index contributed by atoms with van der Waals surface area (Å²) in [6, 6.07) is 1.59. The third-order valence-corrected chi connectivity index (χ3v) is 2.41. The highest BCUT2D eigenvalue weighted by molar-refractivity contribution is 5.84. The monoisotopic (exact) mass is 224 g/mol. The molecule has 0 saturated carbocycles. The van der Waals surface area contributed by atoms with Crippen LogP contribution in [0.15, 0.2) is 0 Å². The van der Waals surface area contributed by atoms with Gasteiger partial charge in [-0.15, -0.1) is 0 Å². The fraction of sp³-hybridized carbons (Fsp3) is 0.700. The second-order valence-electron chi connectivity index (χ2n) is 3.64. The van der Waals surface area contributed by atoms with E-state index in [9.17, 15) is 9.59 Å². The first kappa shape index (κ1) is 12.3. The minimum atomic E-state index is -0.341. The zero-order valence-electron chi connectivity index (χ0n) is 9.16. The Morgan fingerprint density at radius 3 is 2.50 bits per heavy atom. The van der Waals surface area contributed by atoms with Gasteiger partial charge in [-0.25, -0.2) is 4.79 Å². The Kier molecular flexibility index (Phi) is 5.12. The van der Waals surface area contributed by atoms with Gasteiger partial charge in [0.1, 0.15) is 6.54 Å². The van der Waals surface area contributed by atoms with Crippen LogP contribution in [-0.2, 0) is 4.79 Å². The van der Waals surface area contributed by atoms with Gasteiger partial charge < -0.3 is 15.5 Å². The SMILES string of the molecule is N#CCNC(=O)CNC(=O)N1CCCCC1. The topological polar surface area (TPSA) is 85.2 Å². The van der Waals surface area contributed by atoms with Crippen LogP contribution in [0.2, 0.25) is 0 Å². The molecule has 0 aliphatic carbocycles. The maximum Gasteiger partial charge on any atom is 0.317 e. The third kappa shape index (κ3) is 4.17. The van der Waals surface area contributed by atoms with Crippen LogP contribution in [-0.4, -0.2) is 43.0 Å². The lowest BCUT2D eigenvalue weighted by Crippen LogP contribution is -2.46. The zero-order chi connectivity index (χ0) is 11.8. The molecule has 2 N–H and O–H groups in total. The highest BCUT2D eigenvalue weighted by Crippen LogP contribution is 2.07. The summed E-state index contributed by atoms with van der Waals surface area (Å²) < 4.78 is 0. The number of hydrogen-bond donors (Lipinski definition) is 2. The molecule has 0 unspecified atom stereocenters. The van der Waals surface area contributed by atoms with Gasteiger partial charge in [0.05, 0.1) is 12.6 Å². The van der Waals surface area contributed by atoms with Gasteiger partial charge in [0, 0.05) is 13.1 Å². The van der Waals surface area contributed by atoms with Crippen LogP contribution in [0.5, 0.6) is 0 Å². The molecule has 0 spiro atoms. The highest BCUT2D eigenvalue weighted by Gasteiger charge is 2.16. The van der Waals surface area contributed by atoms with E-state index in [4.69, 9.17) is 5.26 Å². The molecule has 0 atom stereocenters. The van der Waals surface area contributed by atoms with E-state index < -0.39 is 0 Å². The molecule has 1 saturated heterocycles. The summed E-state index contributed by atoms with van der Waals surface area (Å²) in [6.45, 7) is 1.41. The van der Waals surface area contributed by atoms with Crippen molar-refractivity contribution in [2.75, 3.05) is 26.2 Å². The van der Waals surface area contributed by atoms with Crippen molar-refractivity contribution in [3.63, 3.8) is 0 Å². The minimum Gasteiger partial charge on any atom is -0.341 e. The Morgan fingerprint density at radius 2 is 1.88 bits per heavy atom. The van der Waals surface area contributed by atoms with Crippen molar-refractivity contribution < 1.29 is 9.59 Å². The molecule has 6 nitrogen and oxygen atoms in total. The van der Waals surface area contributed by atoms with Gasteiger partial charge in [0.25, 0.3) is 0 Å². The van der Waals surface area contributed by atoms with Crippen molar-refractivity contribution in [3.8, 4) is 6.07 Å². The first-order valence-electron chi connectivity index (χ1n) is 5.40. The van der Waals surface area contributed by atoms with Gasteiger partial charge in [-0.2, -0.15) is 5.26 Å². The van der Waals surface area contributed by atoms with Crippen molar-refractivity contribution in [1.82, 2.24) is 15.5 Å². The van der Waals surface area contributed by atoms with E-state index in [1.54, 1.807) is 11.0 Å². The molecule has 88 valence electrons. The number of nitrogens with one attached hydrogen (secondary N) is 2. The van der Waals surface area contributed by atoms with E-state index in [2.05, 4.69) is 10.6 Å². The number of piperidine rings is 1. The molecule has 1 aliphatic heterocycles. The molecule has 16 heavy (non-hydrogen) atoms. The summed E-state index contributed by atoms with van der Waals surface area (Å²) in [7, 11) is 0. The Bertz CT molecular complexity index is 292. The Balaban J connectivity index is 2.18. The fourth-order valence-electron chi connectivity index (χ4n) is 1.57. The molecule has 1 rings (SSSR count). The fourth-order valence-corrected chi connectivity index (χ4v) is 1.57. The molecule has 0 aromatic heterocycles. The Labute approximate surface area is 94.6 Å². The van der Waals surface area contributed by atoms with Gasteiger partial charge in [0.15, 0.2) is 0 Å². The average molecular weight is 224 g/mol. The number of carbonyl (C=O) groups excluding carboxylic acids is 2. The van der Waals surface area contributed by atoms with Gasteiger partial charge in [0.2, 0.25) is 5.91 Å². The van der Waals surface area contributed by atoms with Crippen LogP contribution >= 0.6 is 0 Å². The maximum absolute atomic E-state index is 11.5. The molecule has 3 amide bonds. The Hall–Kier alpha value is -1.77. The lowest BCUT2D eigenvalue weighted by Gasteiger charge is -2.26. The standard InChI is InChI=1S/C10H16N4O2/c11-4-5-12-9(15)8-13-10(16)14-6-2-1-3-7-14/h1-3,5-8H2,(H,12,15)(H,13,16). The summed E-state index contributed by atoms with van der Waals surface area (Å²) in [5.41, 5.74) is 0. The number of nitriles is 1. The van der Waals surface area contributed by atoms with Crippen molar-refractivity contribution in [2.24, 2.45) is 0 Å². The number of hydrogen-bond acceptors (Lipinski definition) is 3. The highest BCUT2D eigenvalue weighted by atomic mass is 16.2. The second kappa shape index (κ2) is 6.67. The molecular formula is C10H16N4O2. The van der Waals surface area contributed by atoms with E-state index in [0.717, 1.165) is 32.4 Å². The maximum atomic E-state index is 11.5.